The lowest BCUT2D eigenvalue weighted by Gasteiger charge is -1.96. The van der Waals surface area contributed by atoms with E-state index in [9.17, 15) is 4.79 Å². The minimum Gasteiger partial charge on any atom is -0.478 e. The second-order valence-corrected chi connectivity index (χ2v) is 2.53. The Kier molecular flexibility index (Phi) is 2.64. The predicted molar refractivity (Wildman–Crippen MR) is 47.8 cm³/mol. The van der Waals surface area contributed by atoms with E-state index in [0.717, 1.165) is 17.2 Å². The minimum absolute atomic E-state index is 0.918. The van der Waals surface area contributed by atoms with Crippen LogP contribution in [0.1, 0.15) is 11.1 Å². The van der Waals surface area contributed by atoms with Gasteiger partial charge in [-0.05, 0) is 24.1 Å². The van der Waals surface area contributed by atoms with E-state index in [0.29, 0.717) is 0 Å². The Balaban J connectivity index is 2.89. The first-order valence-electron chi connectivity index (χ1n) is 3.67. The van der Waals surface area contributed by atoms with Crippen LogP contribution in [-0.2, 0) is 4.79 Å². The molecule has 0 atom stereocenters. The molecule has 1 rings (SSSR count). The van der Waals surface area contributed by atoms with Crippen LogP contribution in [0.5, 0.6) is 0 Å². The fraction of sp³-hybridized carbons (Fsp3) is 0.100. The zero-order chi connectivity index (χ0) is 8.97. The third kappa shape index (κ3) is 2.23. The van der Waals surface area contributed by atoms with Gasteiger partial charge in [-0.25, -0.2) is 4.79 Å². The molecule has 0 aliphatic carbocycles. The van der Waals surface area contributed by atoms with E-state index < -0.39 is 5.97 Å². The van der Waals surface area contributed by atoms with Gasteiger partial charge in [0.25, 0.3) is 0 Å². The van der Waals surface area contributed by atoms with Crippen LogP contribution in [0, 0.1) is 6.92 Å². The van der Waals surface area contributed by atoms with Gasteiger partial charge in [0.05, 0.1) is 0 Å². The zero-order valence-electron chi connectivity index (χ0n) is 6.82. The Labute approximate surface area is 71.2 Å². The van der Waals surface area contributed by atoms with Crippen molar-refractivity contribution < 1.29 is 9.90 Å². The van der Waals surface area contributed by atoms with Crippen molar-refractivity contribution in [2.24, 2.45) is 0 Å². The van der Waals surface area contributed by atoms with Crippen LogP contribution in [0.15, 0.2) is 30.3 Å². The maximum Gasteiger partial charge on any atom is 0.328 e. The number of aryl methyl sites for hydroxylation is 1. The minimum atomic E-state index is -0.918. The number of hydrogen-bond acceptors (Lipinski definition) is 1. The molecule has 0 radical (unpaired) electrons. The van der Waals surface area contributed by atoms with Gasteiger partial charge in [0.1, 0.15) is 0 Å². The molecule has 0 saturated carbocycles. The molecular formula is C10H10O2. The van der Waals surface area contributed by atoms with E-state index in [1.165, 1.54) is 0 Å². The van der Waals surface area contributed by atoms with Gasteiger partial charge in [-0.2, -0.15) is 0 Å². The van der Waals surface area contributed by atoms with Crippen LogP contribution in [-0.4, -0.2) is 11.1 Å². The average molecular weight is 164 g/mol. The van der Waals surface area contributed by atoms with E-state index in [2.05, 4.69) is 0 Å². The van der Waals surface area contributed by atoms with E-state index >= 15 is 0 Å². The zero-order valence-corrected chi connectivity index (χ0v) is 6.82. The Bertz CT molecular complexity index is 313. The summed E-state index contributed by atoms with van der Waals surface area (Å²) >= 11 is 0. The summed E-state index contributed by atoms with van der Waals surface area (Å²) in [6.07, 6.45) is 2.74. The third-order valence-electron chi connectivity index (χ3n) is 1.59. The lowest BCUT2D eigenvalue weighted by atomic mass is 10.2. The second-order valence-electron chi connectivity index (χ2n) is 2.53. The summed E-state index contributed by atoms with van der Waals surface area (Å²) in [5.41, 5.74) is 2.02. The molecule has 0 aliphatic rings. The van der Waals surface area contributed by atoms with E-state index in [4.69, 9.17) is 5.11 Å². The highest BCUT2D eigenvalue weighted by molar-refractivity contribution is 5.85. The molecule has 0 saturated heterocycles. The van der Waals surface area contributed by atoms with E-state index in [1.807, 2.05) is 31.2 Å². The van der Waals surface area contributed by atoms with Crippen LogP contribution >= 0.6 is 0 Å². The van der Waals surface area contributed by atoms with Crippen LogP contribution < -0.4 is 0 Å². The third-order valence-corrected chi connectivity index (χ3v) is 1.59. The molecule has 2 heteroatoms. The molecule has 1 aromatic rings. The molecular weight excluding hydrogens is 154 g/mol. The quantitative estimate of drug-likeness (QED) is 0.679. The molecule has 1 aromatic carbocycles. The van der Waals surface area contributed by atoms with Gasteiger partial charge in [-0.15, -0.1) is 0 Å². The number of carbonyl (C=O) groups is 1. The van der Waals surface area contributed by atoms with Gasteiger partial charge in [0.2, 0.25) is 0 Å². The molecule has 1 N–H and O–H groups in total. The number of aliphatic carboxylic acids is 1. The fourth-order valence-electron chi connectivity index (χ4n) is 0.935. The van der Waals surface area contributed by atoms with Crippen molar-refractivity contribution in [3.8, 4) is 0 Å². The molecule has 0 aliphatic heterocycles. The highest BCUT2D eigenvalue weighted by Crippen LogP contribution is 2.08. The summed E-state index contributed by atoms with van der Waals surface area (Å²) in [4.78, 5) is 10.2. The van der Waals surface area contributed by atoms with Crippen molar-refractivity contribution in [2.45, 2.75) is 6.92 Å². The summed E-state index contributed by atoms with van der Waals surface area (Å²) in [5, 5.41) is 8.38. The van der Waals surface area contributed by atoms with Gasteiger partial charge in [0, 0.05) is 6.08 Å². The summed E-state index contributed by atoms with van der Waals surface area (Å²) in [6, 6.07) is 7.64. The fourth-order valence-corrected chi connectivity index (χ4v) is 0.935. The molecule has 62 valence electrons. The molecule has 0 aromatic heterocycles. The van der Waals surface area contributed by atoms with Crippen molar-refractivity contribution in [1.29, 1.82) is 0 Å². The van der Waals surface area contributed by atoms with Crippen molar-refractivity contribution in [1.82, 2.24) is 0 Å². The first-order valence-corrected chi connectivity index (χ1v) is 3.67. The average Bonchev–Trinajstić information content (AvgIpc) is 2.03. The van der Waals surface area contributed by atoms with Crippen molar-refractivity contribution >= 4 is 12.0 Å². The summed E-state index contributed by atoms with van der Waals surface area (Å²) in [6.45, 7) is 1.95. The Morgan fingerprint density at radius 1 is 1.50 bits per heavy atom. The van der Waals surface area contributed by atoms with Crippen molar-refractivity contribution in [3.05, 3.63) is 41.5 Å². The van der Waals surface area contributed by atoms with Crippen molar-refractivity contribution in [3.63, 3.8) is 0 Å². The molecule has 0 unspecified atom stereocenters. The van der Waals surface area contributed by atoms with Crippen LogP contribution in [0.3, 0.4) is 0 Å². The number of carboxylic acid groups (broad SMARTS) is 1. The SMILES string of the molecule is Cc1ccccc1/[14CH]=C\C(=O)O. The standard InChI is InChI=1S/C10H10O2/c1-8-4-2-3-5-9(8)6-7-10(11)12/h2-7H,1H3,(H,11,12)/b7-6-/i6+2. The predicted octanol–water partition coefficient (Wildman–Crippen LogP) is 2.09. The molecule has 0 bridgehead atoms. The van der Waals surface area contributed by atoms with Crippen LogP contribution in [0.4, 0.5) is 0 Å². The van der Waals surface area contributed by atoms with Crippen molar-refractivity contribution in [2.75, 3.05) is 0 Å². The lowest BCUT2D eigenvalue weighted by molar-refractivity contribution is -0.131. The summed E-state index contributed by atoms with van der Waals surface area (Å²) in [7, 11) is 0. The van der Waals surface area contributed by atoms with E-state index in [-0.39, 0.29) is 0 Å². The topological polar surface area (TPSA) is 37.3 Å². The largest absolute Gasteiger partial charge is 0.478 e. The lowest BCUT2D eigenvalue weighted by Crippen LogP contribution is -1.86. The Hall–Kier alpha value is -1.57. The van der Waals surface area contributed by atoms with Gasteiger partial charge >= 0.3 is 5.97 Å². The second kappa shape index (κ2) is 3.72. The molecule has 12 heavy (non-hydrogen) atoms. The van der Waals surface area contributed by atoms with Gasteiger partial charge in [-0.1, -0.05) is 24.3 Å². The monoisotopic (exact) mass is 164 g/mol. The first-order chi connectivity index (χ1) is 5.70. The molecule has 0 heterocycles. The highest BCUT2D eigenvalue weighted by Gasteiger charge is 1.91. The Morgan fingerprint density at radius 2 is 2.17 bits per heavy atom. The van der Waals surface area contributed by atoms with Crippen LogP contribution in [0.2, 0.25) is 0 Å². The highest BCUT2D eigenvalue weighted by atomic mass is 16.4. The molecule has 2 nitrogen and oxygen atoms in total. The maximum absolute atomic E-state index is 10.2. The summed E-state index contributed by atoms with van der Waals surface area (Å²) in [5.74, 6) is -0.918. The van der Waals surface area contributed by atoms with Gasteiger partial charge in [0.15, 0.2) is 0 Å². The molecule has 0 fully saturated rings. The van der Waals surface area contributed by atoms with E-state index in [1.54, 1.807) is 6.08 Å². The first kappa shape index (κ1) is 8.53. The van der Waals surface area contributed by atoms with Gasteiger partial charge in [-0.3, -0.25) is 0 Å². The molecule has 0 amide bonds. The number of benzene rings is 1. The summed E-state index contributed by atoms with van der Waals surface area (Å²) < 4.78 is 0. The van der Waals surface area contributed by atoms with Crippen LogP contribution in [0.25, 0.3) is 6.08 Å². The normalized spacial score (nSPS) is 10.4. The maximum atomic E-state index is 10.2. The van der Waals surface area contributed by atoms with Gasteiger partial charge < -0.3 is 5.11 Å². The smallest absolute Gasteiger partial charge is 0.328 e. The number of rotatable bonds is 2. The Morgan fingerprint density at radius 3 is 2.75 bits per heavy atom. The molecule has 0 spiro atoms. The number of hydrogen-bond donors (Lipinski definition) is 1. The number of carboxylic acids is 1.